The van der Waals surface area contributed by atoms with Gasteiger partial charge in [0.05, 0.1) is 0 Å². The summed E-state index contributed by atoms with van der Waals surface area (Å²) in [4.78, 5) is 6.30. The average Bonchev–Trinajstić information content (AvgIpc) is 2.46. The zero-order valence-electron chi connectivity index (χ0n) is 11.8. The van der Waals surface area contributed by atoms with Crippen LogP contribution in [0, 0.1) is 13.8 Å². The highest BCUT2D eigenvalue weighted by Crippen LogP contribution is 2.26. The summed E-state index contributed by atoms with van der Waals surface area (Å²) in [6, 6.07) is 9.73. The van der Waals surface area contributed by atoms with Crippen LogP contribution in [0.5, 0.6) is 0 Å². The van der Waals surface area contributed by atoms with Crippen LogP contribution in [0.25, 0.3) is 0 Å². The van der Waals surface area contributed by atoms with Crippen molar-refractivity contribution < 1.29 is 5.21 Å². The number of aryl methyl sites for hydroxylation is 2. The number of oxime groups is 1. The third-order valence-corrected chi connectivity index (χ3v) is 3.21. The van der Waals surface area contributed by atoms with Crippen molar-refractivity contribution in [1.29, 1.82) is 0 Å². The predicted molar refractivity (Wildman–Crippen MR) is 80.7 cm³/mol. The third kappa shape index (κ3) is 2.71. The molecule has 5 heteroatoms. The highest BCUT2D eigenvalue weighted by Gasteiger charge is 2.10. The van der Waals surface area contributed by atoms with Gasteiger partial charge in [0.25, 0.3) is 0 Å². The number of rotatable bonds is 3. The van der Waals surface area contributed by atoms with Crippen LogP contribution < -0.4 is 10.6 Å². The molecule has 0 aliphatic rings. The van der Waals surface area contributed by atoms with Crippen LogP contribution in [-0.4, -0.2) is 23.1 Å². The van der Waals surface area contributed by atoms with Crippen LogP contribution in [0.4, 0.5) is 11.5 Å². The van der Waals surface area contributed by atoms with E-state index >= 15 is 0 Å². The van der Waals surface area contributed by atoms with E-state index < -0.39 is 0 Å². The van der Waals surface area contributed by atoms with Gasteiger partial charge in [-0.3, -0.25) is 0 Å². The number of hydrogen-bond donors (Lipinski definition) is 2. The van der Waals surface area contributed by atoms with Gasteiger partial charge in [0.15, 0.2) is 5.84 Å². The Morgan fingerprint density at radius 3 is 2.65 bits per heavy atom. The van der Waals surface area contributed by atoms with Gasteiger partial charge in [0.2, 0.25) is 0 Å². The topological polar surface area (TPSA) is 74.7 Å². The van der Waals surface area contributed by atoms with Crippen molar-refractivity contribution in [1.82, 2.24) is 4.98 Å². The number of anilines is 2. The molecule has 2 rings (SSSR count). The van der Waals surface area contributed by atoms with E-state index in [2.05, 4.69) is 42.2 Å². The van der Waals surface area contributed by atoms with Gasteiger partial charge in [0, 0.05) is 24.5 Å². The molecule has 0 fully saturated rings. The molecule has 0 radical (unpaired) electrons. The molecule has 104 valence electrons. The van der Waals surface area contributed by atoms with E-state index in [0.29, 0.717) is 5.56 Å². The minimum Gasteiger partial charge on any atom is -0.409 e. The van der Waals surface area contributed by atoms with Crippen molar-refractivity contribution in [3.8, 4) is 0 Å². The van der Waals surface area contributed by atoms with Crippen molar-refractivity contribution in [3.63, 3.8) is 0 Å². The van der Waals surface area contributed by atoms with Crippen molar-refractivity contribution >= 4 is 17.3 Å². The van der Waals surface area contributed by atoms with E-state index in [1.54, 1.807) is 18.3 Å². The second-order valence-electron chi connectivity index (χ2n) is 4.74. The van der Waals surface area contributed by atoms with Crippen LogP contribution in [0.1, 0.15) is 16.7 Å². The van der Waals surface area contributed by atoms with Gasteiger partial charge in [-0.15, -0.1) is 0 Å². The number of benzene rings is 1. The molecule has 5 nitrogen and oxygen atoms in total. The molecule has 0 saturated carbocycles. The van der Waals surface area contributed by atoms with E-state index in [1.165, 1.54) is 11.1 Å². The Bertz CT molecular complexity index is 652. The molecule has 2 aromatic rings. The first-order chi connectivity index (χ1) is 9.52. The Morgan fingerprint density at radius 1 is 1.25 bits per heavy atom. The molecule has 0 bridgehead atoms. The van der Waals surface area contributed by atoms with Crippen molar-refractivity contribution in [2.45, 2.75) is 13.8 Å². The van der Waals surface area contributed by atoms with E-state index in [9.17, 15) is 0 Å². The van der Waals surface area contributed by atoms with Gasteiger partial charge in [-0.1, -0.05) is 22.9 Å². The van der Waals surface area contributed by atoms with Gasteiger partial charge < -0.3 is 15.8 Å². The van der Waals surface area contributed by atoms with Crippen molar-refractivity contribution in [2.75, 3.05) is 11.9 Å². The lowest BCUT2D eigenvalue weighted by Gasteiger charge is -2.21. The van der Waals surface area contributed by atoms with Gasteiger partial charge in [-0.2, -0.15) is 0 Å². The molecule has 3 N–H and O–H groups in total. The quantitative estimate of drug-likeness (QED) is 0.389. The molecule has 1 aromatic heterocycles. The van der Waals surface area contributed by atoms with E-state index in [0.717, 1.165) is 11.5 Å². The smallest absolute Gasteiger partial charge is 0.170 e. The summed E-state index contributed by atoms with van der Waals surface area (Å²) >= 11 is 0. The molecule has 0 aliphatic carbocycles. The summed E-state index contributed by atoms with van der Waals surface area (Å²) in [6.07, 6.45) is 1.64. The molecule has 0 unspecified atom stereocenters. The first kappa shape index (κ1) is 13.9. The monoisotopic (exact) mass is 270 g/mol. The molecule has 20 heavy (non-hydrogen) atoms. The van der Waals surface area contributed by atoms with Crippen LogP contribution >= 0.6 is 0 Å². The molecule has 1 heterocycles. The second-order valence-corrected chi connectivity index (χ2v) is 4.74. The number of amidine groups is 1. The molecule has 0 atom stereocenters. The Balaban J connectivity index is 2.40. The van der Waals surface area contributed by atoms with E-state index in [-0.39, 0.29) is 5.84 Å². The van der Waals surface area contributed by atoms with Crippen molar-refractivity contribution in [2.24, 2.45) is 10.9 Å². The van der Waals surface area contributed by atoms with Crippen LogP contribution in [0.3, 0.4) is 0 Å². The first-order valence-corrected chi connectivity index (χ1v) is 6.28. The zero-order valence-corrected chi connectivity index (χ0v) is 11.8. The molecule has 0 spiro atoms. The minimum absolute atomic E-state index is 0.0719. The van der Waals surface area contributed by atoms with Crippen LogP contribution in [0.2, 0.25) is 0 Å². The number of hydrogen-bond acceptors (Lipinski definition) is 4. The third-order valence-electron chi connectivity index (χ3n) is 3.21. The van der Waals surface area contributed by atoms with Crippen molar-refractivity contribution in [3.05, 3.63) is 53.2 Å². The lowest BCUT2D eigenvalue weighted by atomic mass is 10.1. The number of pyridine rings is 1. The SMILES string of the molecule is Cc1ccc(N(C)c2cc(C(N)=NO)ccn2)c(C)c1. The summed E-state index contributed by atoms with van der Waals surface area (Å²) in [5.41, 5.74) is 9.70. The Kier molecular flexibility index (Phi) is 3.89. The molecular weight excluding hydrogens is 252 g/mol. The number of nitrogens with two attached hydrogens (primary N) is 1. The fourth-order valence-corrected chi connectivity index (χ4v) is 2.12. The van der Waals surface area contributed by atoms with Gasteiger partial charge in [-0.25, -0.2) is 4.98 Å². The summed E-state index contributed by atoms with van der Waals surface area (Å²) < 4.78 is 0. The molecule has 0 aliphatic heterocycles. The zero-order chi connectivity index (χ0) is 14.7. The average molecular weight is 270 g/mol. The molecule has 0 saturated heterocycles. The Hall–Kier alpha value is -2.56. The summed E-state index contributed by atoms with van der Waals surface area (Å²) in [5, 5.41) is 11.7. The van der Waals surface area contributed by atoms with Crippen LogP contribution in [-0.2, 0) is 0 Å². The first-order valence-electron chi connectivity index (χ1n) is 6.28. The van der Waals surface area contributed by atoms with E-state index in [1.807, 2.05) is 11.9 Å². The van der Waals surface area contributed by atoms with E-state index in [4.69, 9.17) is 10.9 Å². The normalized spacial score (nSPS) is 11.4. The maximum atomic E-state index is 8.74. The van der Waals surface area contributed by atoms with Gasteiger partial charge in [0.1, 0.15) is 5.82 Å². The Morgan fingerprint density at radius 2 is 2.00 bits per heavy atom. The standard InChI is InChI=1S/C15H18N4O/c1-10-4-5-13(11(2)8-10)19(3)14-9-12(6-7-17-14)15(16)18-20/h4-9,20H,1-3H3,(H2,16,18). The summed E-state index contributed by atoms with van der Waals surface area (Å²) in [7, 11) is 1.94. The maximum absolute atomic E-state index is 8.74. The second kappa shape index (κ2) is 5.61. The molecule has 0 amide bonds. The number of aromatic nitrogens is 1. The Labute approximate surface area is 118 Å². The number of nitrogens with zero attached hydrogens (tertiary/aromatic N) is 3. The highest BCUT2D eigenvalue weighted by atomic mass is 16.4. The minimum atomic E-state index is 0.0719. The lowest BCUT2D eigenvalue weighted by molar-refractivity contribution is 0.318. The summed E-state index contributed by atoms with van der Waals surface area (Å²) in [5.74, 6) is 0.809. The lowest BCUT2D eigenvalue weighted by Crippen LogP contribution is -2.16. The predicted octanol–water partition coefficient (Wildman–Crippen LogP) is 2.56. The van der Waals surface area contributed by atoms with Gasteiger partial charge in [-0.05, 0) is 37.6 Å². The fourth-order valence-electron chi connectivity index (χ4n) is 2.12. The van der Waals surface area contributed by atoms with Gasteiger partial charge >= 0.3 is 0 Å². The summed E-state index contributed by atoms with van der Waals surface area (Å²) in [6.45, 7) is 4.13. The maximum Gasteiger partial charge on any atom is 0.170 e. The van der Waals surface area contributed by atoms with Crippen LogP contribution in [0.15, 0.2) is 41.7 Å². The largest absolute Gasteiger partial charge is 0.409 e. The molecular formula is C15H18N4O. The fraction of sp³-hybridized carbons (Fsp3) is 0.200. The highest BCUT2D eigenvalue weighted by molar-refractivity contribution is 5.97. The molecule has 1 aromatic carbocycles.